The molecule has 1 unspecified atom stereocenters. The molecule has 0 bridgehead atoms. The Kier molecular flexibility index (Phi) is 3.88. The van der Waals surface area contributed by atoms with Crippen molar-refractivity contribution < 1.29 is 9.90 Å². The monoisotopic (exact) mass is 115 g/mol. The molecule has 0 aliphatic rings. The van der Waals surface area contributed by atoms with Gasteiger partial charge in [0, 0.05) is 6.42 Å². The zero-order valence-electron chi connectivity index (χ0n) is 4.50. The van der Waals surface area contributed by atoms with Gasteiger partial charge in [0.1, 0.15) is 6.23 Å². The van der Waals surface area contributed by atoms with Gasteiger partial charge in [-0.2, -0.15) is 0 Å². The molecule has 0 fully saturated rings. The van der Waals surface area contributed by atoms with Crippen LogP contribution in [0.1, 0.15) is 6.42 Å². The quantitative estimate of drug-likeness (QED) is 0.298. The molecule has 0 aromatic rings. The van der Waals surface area contributed by atoms with Crippen LogP contribution in [0.2, 0.25) is 0 Å². The first-order chi connectivity index (χ1) is 3.81. The number of hydrogen-bond acceptors (Lipinski definition) is 2. The van der Waals surface area contributed by atoms with Crippen molar-refractivity contribution in [1.29, 1.82) is 0 Å². The summed E-state index contributed by atoms with van der Waals surface area (Å²) in [7, 11) is 0. The highest BCUT2D eigenvalue weighted by Crippen LogP contribution is 1.83. The topological polar surface area (TPSA) is 49.3 Å². The molecule has 0 saturated carbocycles. The Hall–Kier alpha value is -0.830. The van der Waals surface area contributed by atoms with Gasteiger partial charge in [-0.3, -0.25) is 4.79 Å². The van der Waals surface area contributed by atoms with Crippen LogP contribution >= 0.6 is 0 Å². The van der Waals surface area contributed by atoms with Gasteiger partial charge in [0.15, 0.2) is 0 Å². The fourth-order valence-electron chi connectivity index (χ4n) is 0.304. The number of hydrogen-bond donors (Lipinski definition) is 2. The predicted molar refractivity (Wildman–Crippen MR) is 30.0 cm³/mol. The number of nitrogens with one attached hydrogen (secondary N) is 1. The third kappa shape index (κ3) is 3.36. The maximum atomic E-state index is 9.58. The van der Waals surface area contributed by atoms with Crippen molar-refractivity contribution in [3.8, 4) is 0 Å². The van der Waals surface area contributed by atoms with Gasteiger partial charge in [-0.05, 0) is 0 Å². The van der Waals surface area contributed by atoms with Crippen molar-refractivity contribution in [2.24, 2.45) is 0 Å². The minimum atomic E-state index is -0.773. The summed E-state index contributed by atoms with van der Waals surface area (Å²) < 4.78 is 0. The average molecular weight is 115 g/mol. The van der Waals surface area contributed by atoms with Crippen molar-refractivity contribution in [2.45, 2.75) is 12.6 Å². The summed E-state index contributed by atoms with van der Waals surface area (Å²) in [5.41, 5.74) is 0. The standard InChI is InChI=1S/C5H9NO2/c1-2-3-5(8)6-4-7/h2,4-5,8H,1,3H2,(H,6,7). The van der Waals surface area contributed by atoms with Crippen molar-refractivity contribution in [3.05, 3.63) is 12.7 Å². The Labute approximate surface area is 48.0 Å². The predicted octanol–water partition coefficient (Wildman–Crippen LogP) is -0.373. The second kappa shape index (κ2) is 4.33. The van der Waals surface area contributed by atoms with Crippen molar-refractivity contribution in [2.75, 3.05) is 0 Å². The van der Waals surface area contributed by atoms with Crippen LogP contribution in [0.5, 0.6) is 0 Å². The third-order valence-corrected chi connectivity index (χ3v) is 0.650. The van der Waals surface area contributed by atoms with E-state index in [1.54, 1.807) is 0 Å². The van der Waals surface area contributed by atoms with Crippen LogP contribution in [-0.2, 0) is 4.79 Å². The van der Waals surface area contributed by atoms with E-state index >= 15 is 0 Å². The smallest absolute Gasteiger partial charge is 0.209 e. The third-order valence-electron chi connectivity index (χ3n) is 0.650. The number of aliphatic hydroxyl groups is 1. The lowest BCUT2D eigenvalue weighted by atomic mass is 10.4. The lowest BCUT2D eigenvalue weighted by Gasteiger charge is -2.02. The lowest BCUT2D eigenvalue weighted by Crippen LogP contribution is -2.26. The summed E-state index contributed by atoms with van der Waals surface area (Å²) in [6, 6.07) is 0. The molecular weight excluding hydrogens is 106 g/mol. The highest BCUT2D eigenvalue weighted by atomic mass is 16.3. The summed E-state index contributed by atoms with van der Waals surface area (Å²) in [6.45, 7) is 3.37. The van der Waals surface area contributed by atoms with E-state index in [4.69, 9.17) is 5.11 Å². The van der Waals surface area contributed by atoms with Crippen LogP contribution in [0, 0.1) is 0 Å². The van der Waals surface area contributed by atoms with Crippen LogP contribution in [0.15, 0.2) is 12.7 Å². The van der Waals surface area contributed by atoms with E-state index in [1.807, 2.05) is 0 Å². The minimum Gasteiger partial charge on any atom is -0.373 e. The first kappa shape index (κ1) is 7.17. The number of rotatable bonds is 4. The maximum Gasteiger partial charge on any atom is 0.209 e. The Balaban J connectivity index is 3.16. The van der Waals surface area contributed by atoms with E-state index in [0.717, 1.165) is 0 Å². The molecule has 0 aliphatic heterocycles. The molecule has 0 radical (unpaired) electrons. The largest absolute Gasteiger partial charge is 0.373 e. The van der Waals surface area contributed by atoms with E-state index in [1.165, 1.54) is 6.08 Å². The zero-order chi connectivity index (χ0) is 6.41. The number of amides is 1. The number of carbonyl (C=O) groups is 1. The Morgan fingerprint density at radius 2 is 2.50 bits per heavy atom. The van der Waals surface area contributed by atoms with Gasteiger partial charge in [-0.1, -0.05) is 6.08 Å². The fourth-order valence-corrected chi connectivity index (χ4v) is 0.304. The van der Waals surface area contributed by atoms with Gasteiger partial charge in [-0.15, -0.1) is 6.58 Å². The molecule has 0 saturated heterocycles. The van der Waals surface area contributed by atoms with Crippen molar-refractivity contribution in [3.63, 3.8) is 0 Å². The van der Waals surface area contributed by atoms with Gasteiger partial charge >= 0.3 is 0 Å². The Bertz CT molecular complexity index is 72.5. The second-order valence-electron chi connectivity index (χ2n) is 1.32. The van der Waals surface area contributed by atoms with E-state index in [9.17, 15) is 4.79 Å². The van der Waals surface area contributed by atoms with E-state index in [2.05, 4.69) is 11.9 Å². The Morgan fingerprint density at radius 3 is 2.88 bits per heavy atom. The molecular formula is C5H9NO2. The summed E-state index contributed by atoms with van der Waals surface area (Å²) in [6.07, 6.45) is 1.60. The summed E-state index contributed by atoms with van der Waals surface area (Å²) in [4.78, 5) is 9.58. The first-order valence-electron chi connectivity index (χ1n) is 2.30. The second-order valence-corrected chi connectivity index (χ2v) is 1.32. The first-order valence-corrected chi connectivity index (χ1v) is 2.30. The van der Waals surface area contributed by atoms with E-state index in [0.29, 0.717) is 12.8 Å². The van der Waals surface area contributed by atoms with Gasteiger partial charge in [0.25, 0.3) is 0 Å². The van der Waals surface area contributed by atoms with Crippen LogP contribution in [0.25, 0.3) is 0 Å². The molecule has 3 nitrogen and oxygen atoms in total. The Morgan fingerprint density at radius 1 is 1.88 bits per heavy atom. The van der Waals surface area contributed by atoms with Gasteiger partial charge in [0.05, 0.1) is 0 Å². The van der Waals surface area contributed by atoms with Gasteiger partial charge in [0.2, 0.25) is 6.41 Å². The highest BCUT2D eigenvalue weighted by Gasteiger charge is 1.93. The zero-order valence-corrected chi connectivity index (χ0v) is 4.50. The SMILES string of the molecule is C=CCC(O)NC=O. The van der Waals surface area contributed by atoms with Gasteiger partial charge in [-0.25, -0.2) is 0 Å². The molecule has 1 atom stereocenters. The minimum absolute atomic E-state index is 0.388. The van der Waals surface area contributed by atoms with Crippen molar-refractivity contribution in [1.82, 2.24) is 5.32 Å². The molecule has 8 heavy (non-hydrogen) atoms. The summed E-state index contributed by atoms with van der Waals surface area (Å²) in [5, 5.41) is 10.8. The molecule has 0 heterocycles. The number of aliphatic hydroxyl groups excluding tert-OH is 1. The maximum absolute atomic E-state index is 9.58. The molecule has 46 valence electrons. The van der Waals surface area contributed by atoms with E-state index in [-0.39, 0.29) is 0 Å². The van der Waals surface area contributed by atoms with Crippen LogP contribution in [0.4, 0.5) is 0 Å². The molecule has 0 spiro atoms. The molecule has 3 heteroatoms. The summed E-state index contributed by atoms with van der Waals surface area (Å²) >= 11 is 0. The van der Waals surface area contributed by atoms with Crippen LogP contribution in [-0.4, -0.2) is 17.7 Å². The molecule has 0 aromatic carbocycles. The van der Waals surface area contributed by atoms with Crippen LogP contribution < -0.4 is 5.32 Å². The molecule has 0 aliphatic carbocycles. The summed E-state index contributed by atoms with van der Waals surface area (Å²) in [5.74, 6) is 0. The molecule has 0 rings (SSSR count). The normalized spacial score (nSPS) is 12.1. The lowest BCUT2D eigenvalue weighted by molar-refractivity contribution is -0.112. The van der Waals surface area contributed by atoms with Crippen LogP contribution in [0.3, 0.4) is 0 Å². The highest BCUT2D eigenvalue weighted by molar-refractivity contribution is 5.46. The van der Waals surface area contributed by atoms with Crippen molar-refractivity contribution >= 4 is 6.41 Å². The molecule has 0 aromatic heterocycles. The number of carbonyl (C=O) groups excluding carboxylic acids is 1. The molecule has 1 amide bonds. The van der Waals surface area contributed by atoms with E-state index < -0.39 is 6.23 Å². The molecule has 2 N–H and O–H groups in total. The fraction of sp³-hybridized carbons (Fsp3) is 0.400. The van der Waals surface area contributed by atoms with Gasteiger partial charge < -0.3 is 10.4 Å². The average Bonchev–Trinajstić information content (AvgIpc) is 1.68.